The minimum absolute atomic E-state index is 0.201. The highest BCUT2D eigenvalue weighted by Gasteiger charge is 2.45. The molecule has 1 aliphatic carbocycles. The number of fused-ring (bicyclic) bond motifs is 1. The third-order valence-corrected chi connectivity index (χ3v) is 8.28. The van der Waals surface area contributed by atoms with Crippen LogP contribution in [0.2, 0.25) is 0 Å². The molecule has 2 N–H and O–H groups in total. The summed E-state index contributed by atoms with van der Waals surface area (Å²) in [7, 11) is 3.81. The van der Waals surface area contributed by atoms with Crippen LogP contribution in [0.15, 0.2) is 47.8 Å². The molecule has 0 saturated carbocycles. The van der Waals surface area contributed by atoms with E-state index in [0.717, 1.165) is 65.0 Å². The van der Waals surface area contributed by atoms with Gasteiger partial charge in [0.05, 0.1) is 31.2 Å². The van der Waals surface area contributed by atoms with Crippen LogP contribution >= 0.6 is 11.3 Å². The van der Waals surface area contributed by atoms with Gasteiger partial charge in [0.2, 0.25) is 5.91 Å². The predicted octanol–water partition coefficient (Wildman–Crippen LogP) is 3.45. The van der Waals surface area contributed by atoms with Crippen LogP contribution in [-0.4, -0.2) is 67.2 Å². The molecule has 37 heavy (non-hydrogen) atoms. The molecule has 1 aliphatic heterocycles. The number of nitrogens with one attached hydrogen (secondary N) is 1. The fraction of sp³-hybridized carbons (Fsp3) is 0.393. The van der Waals surface area contributed by atoms with E-state index in [1.54, 1.807) is 7.11 Å². The lowest BCUT2D eigenvalue weighted by atomic mass is 9.80. The minimum atomic E-state index is -0.974. The van der Waals surface area contributed by atoms with Crippen LogP contribution in [-0.2, 0) is 29.0 Å². The van der Waals surface area contributed by atoms with Gasteiger partial charge in [-0.3, -0.25) is 9.59 Å². The number of carbonyl (C=O) groups is 2. The first-order chi connectivity index (χ1) is 17.9. The summed E-state index contributed by atoms with van der Waals surface area (Å²) in [5.74, 6) is -0.440. The number of methoxy groups -OCH3 is 1. The Balaban J connectivity index is 1.28. The van der Waals surface area contributed by atoms with Crippen LogP contribution in [0, 0.1) is 5.41 Å². The maximum atomic E-state index is 13.3. The molecule has 2 aromatic carbocycles. The van der Waals surface area contributed by atoms with Gasteiger partial charge in [0.15, 0.2) is 0 Å². The lowest BCUT2D eigenvalue weighted by molar-refractivity contribution is -0.145. The second-order valence-corrected chi connectivity index (χ2v) is 10.9. The zero-order chi connectivity index (χ0) is 26.0. The number of aliphatic carboxylic acids is 1. The number of benzene rings is 2. The van der Waals surface area contributed by atoms with Crippen molar-refractivity contribution in [3.63, 3.8) is 0 Å². The van der Waals surface area contributed by atoms with Crippen LogP contribution in [0.5, 0.6) is 5.75 Å². The molecule has 1 saturated heterocycles. The number of carbonyl (C=O) groups excluding carboxylic acids is 1. The summed E-state index contributed by atoms with van der Waals surface area (Å²) in [5.41, 5.74) is 3.95. The van der Waals surface area contributed by atoms with Gasteiger partial charge in [-0.25, -0.2) is 4.98 Å². The van der Waals surface area contributed by atoms with Crippen molar-refractivity contribution in [2.75, 3.05) is 45.2 Å². The largest absolute Gasteiger partial charge is 0.496 e. The van der Waals surface area contributed by atoms with Crippen molar-refractivity contribution in [2.24, 2.45) is 5.41 Å². The van der Waals surface area contributed by atoms with E-state index in [9.17, 15) is 14.7 Å². The van der Waals surface area contributed by atoms with Gasteiger partial charge in [0.1, 0.15) is 10.8 Å². The van der Waals surface area contributed by atoms with Gasteiger partial charge in [0, 0.05) is 48.9 Å². The first-order valence-electron chi connectivity index (χ1n) is 12.5. The highest BCUT2D eigenvalue weighted by Crippen LogP contribution is 2.40. The second-order valence-electron chi connectivity index (χ2n) is 9.96. The van der Waals surface area contributed by atoms with Crippen molar-refractivity contribution >= 4 is 28.9 Å². The van der Waals surface area contributed by atoms with Crippen LogP contribution in [0.1, 0.15) is 22.6 Å². The summed E-state index contributed by atoms with van der Waals surface area (Å²) < 4.78 is 5.71. The van der Waals surface area contributed by atoms with E-state index in [2.05, 4.69) is 34.3 Å². The number of hydrogen-bond acceptors (Lipinski definition) is 7. The molecule has 8 nitrogen and oxygen atoms in total. The molecule has 9 heteroatoms. The third kappa shape index (κ3) is 5.33. The summed E-state index contributed by atoms with van der Waals surface area (Å²) in [6, 6.07) is 14.0. The molecule has 3 aromatic rings. The van der Waals surface area contributed by atoms with Crippen molar-refractivity contribution in [3.05, 3.63) is 64.0 Å². The summed E-state index contributed by atoms with van der Waals surface area (Å²) in [6.45, 7) is 4.28. The number of thiazole rings is 1. The van der Waals surface area contributed by atoms with Gasteiger partial charge in [0.25, 0.3) is 0 Å². The van der Waals surface area contributed by atoms with E-state index in [1.165, 1.54) is 11.3 Å². The zero-order valence-electron chi connectivity index (χ0n) is 21.2. The van der Waals surface area contributed by atoms with Gasteiger partial charge in [-0.05, 0) is 43.1 Å². The first-order valence-corrected chi connectivity index (χ1v) is 13.4. The van der Waals surface area contributed by atoms with E-state index < -0.39 is 11.4 Å². The van der Waals surface area contributed by atoms with Crippen LogP contribution < -0.4 is 15.0 Å². The van der Waals surface area contributed by atoms with E-state index in [0.29, 0.717) is 12.8 Å². The molecule has 0 radical (unpaired) electrons. The average Bonchev–Trinajstić information content (AvgIpc) is 3.52. The molecular weight excluding hydrogens is 488 g/mol. The quantitative estimate of drug-likeness (QED) is 0.470. The van der Waals surface area contributed by atoms with Crippen molar-refractivity contribution in [2.45, 2.75) is 25.8 Å². The lowest BCUT2D eigenvalue weighted by Crippen LogP contribution is -2.44. The Labute approximate surface area is 220 Å². The number of carboxylic acids is 1. The van der Waals surface area contributed by atoms with Gasteiger partial charge >= 0.3 is 5.97 Å². The number of piperazine rings is 1. The fourth-order valence-corrected chi connectivity index (χ4v) is 6.10. The number of likely N-dealkylation sites (N-methyl/N-ethyl adjacent to an activating group) is 1. The Morgan fingerprint density at radius 2 is 1.81 bits per heavy atom. The first kappa shape index (κ1) is 25.2. The molecule has 2 heterocycles. The Hall–Kier alpha value is -3.43. The fourth-order valence-electron chi connectivity index (χ4n) is 5.36. The molecule has 0 unspecified atom stereocenters. The highest BCUT2D eigenvalue weighted by atomic mass is 32.1. The lowest BCUT2D eigenvalue weighted by Gasteiger charge is -2.34. The molecule has 0 atom stereocenters. The van der Waals surface area contributed by atoms with E-state index in [-0.39, 0.29) is 18.9 Å². The number of amides is 1. The average molecular weight is 521 g/mol. The topological polar surface area (TPSA) is 95.0 Å². The number of aromatic nitrogens is 1. The maximum absolute atomic E-state index is 13.3. The van der Waals surface area contributed by atoms with Crippen LogP contribution in [0.25, 0.3) is 11.3 Å². The normalized spacial score (nSPS) is 16.9. The van der Waals surface area contributed by atoms with Gasteiger partial charge in [-0.1, -0.05) is 24.3 Å². The summed E-state index contributed by atoms with van der Waals surface area (Å²) in [5, 5.41) is 15.2. The maximum Gasteiger partial charge on any atom is 0.304 e. The van der Waals surface area contributed by atoms with Crippen molar-refractivity contribution in [3.8, 4) is 17.0 Å². The number of nitrogens with zero attached hydrogens (tertiary/aromatic N) is 3. The standard InChI is InChI=1S/C28H32N4O4S/c1-31-9-11-32(12-10-31)21-7-8-22(24(13-21)36-2)23-18-37-25(30-23)17-29-27(35)28(16-26(33)34)14-19-5-3-4-6-20(19)15-28/h3-8,13,18H,9-12,14-17H2,1-2H3,(H,29,35)(H,33,34). The molecule has 1 amide bonds. The molecule has 1 fully saturated rings. The number of anilines is 1. The number of carboxylic acid groups (broad SMARTS) is 1. The Morgan fingerprint density at radius 1 is 1.11 bits per heavy atom. The molecule has 1 aromatic heterocycles. The van der Waals surface area contributed by atoms with Gasteiger partial charge < -0.3 is 25.0 Å². The van der Waals surface area contributed by atoms with Crippen molar-refractivity contribution in [1.82, 2.24) is 15.2 Å². The molecule has 194 valence electrons. The predicted molar refractivity (Wildman–Crippen MR) is 144 cm³/mol. The molecule has 0 spiro atoms. The summed E-state index contributed by atoms with van der Waals surface area (Å²) in [6.07, 6.45) is 0.663. The zero-order valence-corrected chi connectivity index (χ0v) is 22.0. The molecular formula is C28H32N4O4S. The number of ether oxygens (including phenoxy) is 1. The molecule has 0 bridgehead atoms. The molecule has 5 rings (SSSR count). The van der Waals surface area contributed by atoms with Crippen molar-refractivity contribution in [1.29, 1.82) is 0 Å². The van der Waals surface area contributed by atoms with Crippen molar-refractivity contribution < 1.29 is 19.4 Å². The van der Waals surface area contributed by atoms with E-state index in [4.69, 9.17) is 9.72 Å². The summed E-state index contributed by atoms with van der Waals surface area (Å²) in [4.78, 5) is 34.4. The number of hydrogen-bond donors (Lipinski definition) is 2. The number of rotatable bonds is 8. The minimum Gasteiger partial charge on any atom is -0.496 e. The molecule has 2 aliphatic rings. The smallest absolute Gasteiger partial charge is 0.304 e. The Bertz CT molecular complexity index is 1270. The second kappa shape index (κ2) is 10.5. The van der Waals surface area contributed by atoms with Crippen LogP contribution in [0.3, 0.4) is 0 Å². The Kier molecular flexibility index (Phi) is 7.17. The van der Waals surface area contributed by atoms with E-state index >= 15 is 0 Å². The van der Waals surface area contributed by atoms with Crippen LogP contribution in [0.4, 0.5) is 5.69 Å². The highest BCUT2D eigenvalue weighted by molar-refractivity contribution is 7.09. The van der Waals surface area contributed by atoms with Gasteiger partial charge in [-0.15, -0.1) is 11.3 Å². The summed E-state index contributed by atoms with van der Waals surface area (Å²) >= 11 is 1.47. The SMILES string of the molecule is COc1cc(N2CCN(C)CC2)ccc1-c1csc(CNC(=O)C2(CC(=O)O)Cc3ccccc3C2)n1. The van der Waals surface area contributed by atoms with Gasteiger partial charge in [-0.2, -0.15) is 0 Å². The Morgan fingerprint density at radius 3 is 2.46 bits per heavy atom. The third-order valence-electron chi connectivity index (χ3n) is 7.43. The monoisotopic (exact) mass is 520 g/mol. The van der Waals surface area contributed by atoms with E-state index in [1.807, 2.05) is 35.7 Å².